The molecule has 112 valence electrons. The Kier molecular flexibility index (Phi) is 3.95. The molecule has 0 saturated heterocycles. The van der Waals surface area contributed by atoms with Gasteiger partial charge in [-0.05, 0) is 50.0 Å². The van der Waals surface area contributed by atoms with Gasteiger partial charge >= 0.3 is 0 Å². The molecule has 0 amide bonds. The number of allylic oxidation sites excluding steroid dienone is 1. The van der Waals surface area contributed by atoms with Crippen LogP contribution in [0.1, 0.15) is 33.1 Å². The Bertz CT molecular complexity index is 631. The first kappa shape index (κ1) is 14.1. The SMILES string of the molecule is C=C(C)C1CCC(C)C(CNc2ncnc3[nH]ccc23)C1. The summed E-state index contributed by atoms with van der Waals surface area (Å²) in [6, 6.07) is 2.03. The van der Waals surface area contributed by atoms with E-state index in [0.29, 0.717) is 11.8 Å². The Morgan fingerprint density at radius 1 is 1.43 bits per heavy atom. The second kappa shape index (κ2) is 5.88. The Labute approximate surface area is 126 Å². The number of aromatic amines is 1. The average molecular weight is 284 g/mol. The zero-order chi connectivity index (χ0) is 14.8. The minimum Gasteiger partial charge on any atom is -0.369 e. The molecular weight excluding hydrogens is 260 g/mol. The first-order valence-corrected chi connectivity index (χ1v) is 7.82. The Morgan fingerprint density at radius 3 is 3.10 bits per heavy atom. The van der Waals surface area contributed by atoms with Crippen molar-refractivity contribution < 1.29 is 0 Å². The van der Waals surface area contributed by atoms with Crippen LogP contribution in [0.25, 0.3) is 11.0 Å². The van der Waals surface area contributed by atoms with Crippen LogP contribution in [0.3, 0.4) is 0 Å². The number of hydrogen-bond acceptors (Lipinski definition) is 3. The summed E-state index contributed by atoms with van der Waals surface area (Å²) < 4.78 is 0. The third kappa shape index (κ3) is 2.94. The molecule has 0 spiro atoms. The van der Waals surface area contributed by atoms with E-state index in [1.165, 1.54) is 24.8 Å². The summed E-state index contributed by atoms with van der Waals surface area (Å²) in [5.41, 5.74) is 2.23. The fourth-order valence-electron chi connectivity index (χ4n) is 3.39. The van der Waals surface area contributed by atoms with Crippen molar-refractivity contribution in [2.75, 3.05) is 11.9 Å². The van der Waals surface area contributed by atoms with Crippen molar-refractivity contribution in [3.05, 3.63) is 30.7 Å². The van der Waals surface area contributed by atoms with Gasteiger partial charge in [-0.3, -0.25) is 0 Å². The van der Waals surface area contributed by atoms with Gasteiger partial charge in [0, 0.05) is 12.7 Å². The number of H-pyrrole nitrogens is 1. The van der Waals surface area contributed by atoms with Crippen molar-refractivity contribution in [1.29, 1.82) is 0 Å². The van der Waals surface area contributed by atoms with Gasteiger partial charge in [0.15, 0.2) is 0 Å². The van der Waals surface area contributed by atoms with Gasteiger partial charge < -0.3 is 10.3 Å². The quantitative estimate of drug-likeness (QED) is 0.834. The second-order valence-corrected chi connectivity index (χ2v) is 6.44. The van der Waals surface area contributed by atoms with Gasteiger partial charge in [0.1, 0.15) is 17.8 Å². The van der Waals surface area contributed by atoms with Gasteiger partial charge in [0.05, 0.1) is 5.39 Å². The highest BCUT2D eigenvalue weighted by Gasteiger charge is 2.28. The molecule has 3 unspecified atom stereocenters. The highest BCUT2D eigenvalue weighted by Crippen LogP contribution is 2.36. The lowest BCUT2D eigenvalue weighted by Gasteiger charge is -2.35. The summed E-state index contributed by atoms with van der Waals surface area (Å²) >= 11 is 0. The van der Waals surface area contributed by atoms with Crippen LogP contribution < -0.4 is 5.32 Å². The lowest BCUT2D eigenvalue weighted by Crippen LogP contribution is -2.29. The summed E-state index contributed by atoms with van der Waals surface area (Å²) in [6.07, 6.45) is 7.35. The number of anilines is 1. The van der Waals surface area contributed by atoms with Crippen molar-refractivity contribution in [2.24, 2.45) is 17.8 Å². The van der Waals surface area contributed by atoms with Crippen molar-refractivity contribution in [3.8, 4) is 0 Å². The maximum atomic E-state index is 4.38. The van der Waals surface area contributed by atoms with Crippen LogP contribution >= 0.6 is 0 Å². The minimum absolute atomic E-state index is 0.685. The number of nitrogens with zero attached hydrogens (tertiary/aromatic N) is 2. The van der Waals surface area contributed by atoms with E-state index < -0.39 is 0 Å². The van der Waals surface area contributed by atoms with E-state index in [4.69, 9.17) is 0 Å². The zero-order valence-corrected chi connectivity index (χ0v) is 12.9. The van der Waals surface area contributed by atoms with Gasteiger partial charge in [0.25, 0.3) is 0 Å². The van der Waals surface area contributed by atoms with E-state index in [9.17, 15) is 0 Å². The highest BCUT2D eigenvalue weighted by molar-refractivity contribution is 5.86. The summed E-state index contributed by atoms with van der Waals surface area (Å²) in [7, 11) is 0. The Balaban J connectivity index is 1.68. The van der Waals surface area contributed by atoms with E-state index in [2.05, 4.69) is 40.7 Å². The third-order valence-electron chi connectivity index (χ3n) is 4.95. The predicted molar refractivity (Wildman–Crippen MR) is 87.2 cm³/mol. The highest BCUT2D eigenvalue weighted by atomic mass is 15.0. The molecule has 4 heteroatoms. The molecule has 3 atom stereocenters. The molecule has 0 bridgehead atoms. The maximum Gasteiger partial charge on any atom is 0.142 e. The molecule has 2 heterocycles. The van der Waals surface area contributed by atoms with Crippen LogP contribution in [-0.4, -0.2) is 21.5 Å². The zero-order valence-electron chi connectivity index (χ0n) is 12.9. The average Bonchev–Trinajstić information content (AvgIpc) is 2.95. The molecule has 2 aromatic heterocycles. The molecule has 3 rings (SSSR count). The number of hydrogen-bond donors (Lipinski definition) is 2. The molecule has 0 aliphatic heterocycles. The van der Waals surface area contributed by atoms with Crippen LogP contribution in [-0.2, 0) is 0 Å². The fourth-order valence-corrected chi connectivity index (χ4v) is 3.39. The second-order valence-electron chi connectivity index (χ2n) is 6.44. The molecule has 1 aliphatic rings. The van der Waals surface area contributed by atoms with Gasteiger partial charge in [-0.1, -0.05) is 19.1 Å². The van der Waals surface area contributed by atoms with Crippen molar-refractivity contribution in [2.45, 2.75) is 33.1 Å². The monoisotopic (exact) mass is 284 g/mol. The van der Waals surface area contributed by atoms with E-state index in [1.54, 1.807) is 6.33 Å². The molecule has 1 fully saturated rings. The Hall–Kier alpha value is -1.84. The van der Waals surface area contributed by atoms with Gasteiger partial charge in [-0.15, -0.1) is 0 Å². The predicted octanol–water partition coefficient (Wildman–Crippen LogP) is 4.00. The van der Waals surface area contributed by atoms with Crippen LogP contribution in [0.5, 0.6) is 0 Å². The first-order valence-electron chi connectivity index (χ1n) is 7.82. The molecule has 2 N–H and O–H groups in total. The molecule has 1 saturated carbocycles. The third-order valence-corrected chi connectivity index (χ3v) is 4.95. The van der Waals surface area contributed by atoms with Crippen LogP contribution in [0.2, 0.25) is 0 Å². The van der Waals surface area contributed by atoms with E-state index in [1.807, 2.05) is 12.3 Å². The molecule has 1 aliphatic carbocycles. The largest absolute Gasteiger partial charge is 0.369 e. The number of rotatable bonds is 4. The smallest absolute Gasteiger partial charge is 0.142 e. The summed E-state index contributed by atoms with van der Waals surface area (Å²) in [5.74, 6) is 3.07. The number of aromatic nitrogens is 3. The van der Waals surface area contributed by atoms with Gasteiger partial charge in [-0.25, -0.2) is 9.97 Å². The minimum atomic E-state index is 0.685. The molecule has 4 nitrogen and oxygen atoms in total. The lowest BCUT2D eigenvalue weighted by molar-refractivity contribution is 0.223. The van der Waals surface area contributed by atoms with Crippen LogP contribution in [0.15, 0.2) is 30.7 Å². The number of fused-ring (bicyclic) bond motifs is 1. The number of nitrogens with one attached hydrogen (secondary N) is 2. The molecule has 0 aromatic carbocycles. The van der Waals surface area contributed by atoms with Gasteiger partial charge in [0.2, 0.25) is 0 Å². The van der Waals surface area contributed by atoms with Crippen LogP contribution in [0.4, 0.5) is 5.82 Å². The molecular formula is C17H24N4. The summed E-state index contributed by atoms with van der Waals surface area (Å²) in [6.45, 7) is 9.65. The molecule has 0 radical (unpaired) electrons. The normalized spacial score (nSPS) is 25.9. The van der Waals surface area contributed by atoms with Crippen molar-refractivity contribution >= 4 is 16.9 Å². The van der Waals surface area contributed by atoms with Crippen molar-refractivity contribution in [1.82, 2.24) is 15.0 Å². The summed E-state index contributed by atoms with van der Waals surface area (Å²) in [5, 5.41) is 4.60. The molecule has 2 aromatic rings. The lowest BCUT2D eigenvalue weighted by atomic mass is 9.73. The van der Waals surface area contributed by atoms with E-state index >= 15 is 0 Å². The van der Waals surface area contributed by atoms with Crippen molar-refractivity contribution in [3.63, 3.8) is 0 Å². The summed E-state index contributed by atoms with van der Waals surface area (Å²) in [4.78, 5) is 11.7. The van der Waals surface area contributed by atoms with E-state index in [0.717, 1.165) is 29.3 Å². The molecule has 21 heavy (non-hydrogen) atoms. The Morgan fingerprint density at radius 2 is 2.29 bits per heavy atom. The standard InChI is InChI=1S/C17H24N4/c1-11(2)13-5-4-12(3)14(8-13)9-19-17-15-6-7-18-16(15)20-10-21-17/h6-7,10,12-14H,1,4-5,8-9H2,2-3H3,(H2,18,19,20,21). The fraction of sp³-hybridized carbons (Fsp3) is 0.529. The van der Waals surface area contributed by atoms with E-state index in [-0.39, 0.29) is 0 Å². The topological polar surface area (TPSA) is 53.6 Å². The maximum absolute atomic E-state index is 4.38. The first-order chi connectivity index (χ1) is 10.1. The van der Waals surface area contributed by atoms with Gasteiger partial charge in [-0.2, -0.15) is 0 Å². The van der Waals surface area contributed by atoms with Crippen LogP contribution in [0, 0.1) is 17.8 Å².